The van der Waals surface area contributed by atoms with Gasteiger partial charge in [-0.05, 0) is 35.9 Å². The molecule has 8 nitrogen and oxygen atoms in total. The van der Waals surface area contributed by atoms with Crippen molar-refractivity contribution in [3.8, 4) is 23.0 Å². The highest BCUT2D eigenvalue weighted by atomic mass is 19.3. The van der Waals surface area contributed by atoms with E-state index in [0.29, 0.717) is 23.4 Å². The number of allylic oxidation sites excluding steroid dienone is 1. The van der Waals surface area contributed by atoms with E-state index < -0.39 is 18.6 Å². The summed E-state index contributed by atoms with van der Waals surface area (Å²) in [5, 5.41) is 11.9. The first-order valence-electron chi connectivity index (χ1n) is 10.0. The lowest BCUT2D eigenvalue weighted by atomic mass is 10.0. The fourth-order valence-corrected chi connectivity index (χ4v) is 3.97. The molecule has 1 atom stereocenters. The molecule has 2 aromatic rings. The first-order chi connectivity index (χ1) is 16.2. The molecule has 4 heterocycles. The second kappa shape index (κ2) is 6.89. The van der Waals surface area contributed by atoms with Gasteiger partial charge in [0.1, 0.15) is 11.7 Å². The van der Waals surface area contributed by atoms with Gasteiger partial charge in [-0.2, -0.15) is 10.2 Å². The van der Waals surface area contributed by atoms with Crippen molar-refractivity contribution >= 4 is 23.3 Å². The van der Waals surface area contributed by atoms with Crippen molar-refractivity contribution in [3.63, 3.8) is 0 Å². The fraction of sp³-hybridized carbons (Fsp3) is 0.182. The Morgan fingerprint density at radius 2 is 1.71 bits per heavy atom. The molecule has 0 fully saturated rings. The van der Waals surface area contributed by atoms with Gasteiger partial charge in [-0.25, -0.2) is 5.01 Å². The largest absolute Gasteiger partial charge is 0.586 e. The number of anilines is 2. The summed E-state index contributed by atoms with van der Waals surface area (Å²) >= 11 is 0. The summed E-state index contributed by atoms with van der Waals surface area (Å²) in [5.41, 5.74) is 1.77. The Morgan fingerprint density at radius 1 is 0.941 bits per heavy atom. The third-order valence-corrected chi connectivity index (χ3v) is 5.41. The molecule has 34 heavy (non-hydrogen) atoms. The lowest BCUT2D eigenvalue weighted by Gasteiger charge is -2.29. The molecule has 2 aromatic carbocycles. The van der Waals surface area contributed by atoms with Gasteiger partial charge in [0.15, 0.2) is 23.0 Å². The van der Waals surface area contributed by atoms with Gasteiger partial charge < -0.3 is 18.9 Å². The summed E-state index contributed by atoms with van der Waals surface area (Å²) in [6.45, 7) is 4.02. The Bertz CT molecular complexity index is 1310. The lowest BCUT2D eigenvalue weighted by Crippen LogP contribution is -2.37. The van der Waals surface area contributed by atoms with Crippen molar-refractivity contribution in [1.82, 2.24) is 0 Å². The zero-order valence-electron chi connectivity index (χ0n) is 17.1. The minimum atomic E-state index is -3.78. The minimum Gasteiger partial charge on any atom is -0.395 e. The van der Waals surface area contributed by atoms with Crippen molar-refractivity contribution in [3.05, 3.63) is 60.8 Å². The molecular weight excluding hydrogens is 460 g/mol. The molecular formula is C22H14F4N4O4. The van der Waals surface area contributed by atoms with E-state index in [1.165, 1.54) is 28.2 Å². The fourth-order valence-electron chi connectivity index (χ4n) is 3.97. The Kier molecular flexibility index (Phi) is 4.13. The molecule has 174 valence electrons. The van der Waals surface area contributed by atoms with Gasteiger partial charge >= 0.3 is 12.6 Å². The zero-order valence-corrected chi connectivity index (χ0v) is 17.1. The molecule has 4 aliphatic rings. The van der Waals surface area contributed by atoms with E-state index in [1.54, 1.807) is 36.7 Å². The third-order valence-electron chi connectivity index (χ3n) is 5.41. The van der Waals surface area contributed by atoms with Gasteiger partial charge in [0, 0.05) is 24.9 Å². The number of ether oxygens (including phenoxy) is 4. The van der Waals surface area contributed by atoms with Crippen molar-refractivity contribution in [2.75, 3.05) is 10.0 Å². The molecule has 0 aromatic heterocycles. The first-order valence-corrected chi connectivity index (χ1v) is 10.0. The monoisotopic (exact) mass is 474 g/mol. The smallest absolute Gasteiger partial charge is 0.395 e. The standard InChI is InChI=1S/C22H14F4N4O4/c1-12-8-10-29(13-5-6-16-18(11-13)33-21(23,24)31-16)28-19(12)14-7-9-27-30(14)15-3-2-4-17-20(15)34-22(25,26)32-17/h2-6,8-11,14H,1,7H2. The molecule has 0 saturated carbocycles. The van der Waals surface area contributed by atoms with Crippen LogP contribution in [0.25, 0.3) is 0 Å². The summed E-state index contributed by atoms with van der Waals surface area (Å²) in [6.07, 6.45) is -2.17. The highest BCUT2D eigenvalue weighted by molar-refractivity contribution is 6.10. The van der Waals surface area contributed by atoms with Crippen LogP contribution in [0.3, 0.4) is 0 Å². The predicted octanol–water partition coefficient (Wildman–Crippen LogP) is 4.84. The maximum atomic E-state index is 13.7. The summed E-state index contributed by atoms with van der Waals surface area (Å²) in [5.74, 6) is -0.453. The van der Waals surface area contributed by atoms with Crippen LogP contribution in [-0.2, 0) is 0 Å². The maximum Gasteiger partial charge on any atom is 0.586 e. The number of hydrogen-bond acceptors (Lipinski definition) is 8. The van der Waals surface area contributed by atoms with E-state index in [4.69, 9.17) is 4.74 Å². The van der Waals surface area contributed by atoms with Crippen molar-refractivity contribution < 1.29 is 36.5 Å². The molecule has 4 aliphatic heterocycles. The zero-order chi connectivity index (χ0) is 23.7. The number of para-hydroxylation sites is 1. The number of hydrazone groups is 2. The predicted molar refractivity (Wildman–Crippen MR) is 113 cm³/mol. The van der Waals surface area contributed by atoms with Crippen LogP contribution in [0, 0.1) is 0 Å². The average molecular weight is 474 g/mol. The summed E-state index contributed by atoms with van der Waals surface area (Å²) in [6, 6.07) is 8.28. The molecule has 6 rings (SSSR count). The van der Waals surface area contributed by atoms with Crippen molar-refractivity contribution in [2.45, 2.75) is 25.1 Å². The summed E-state index contributed by atoms with van der Waals surface area (Å²) in [4.78, 5) is 0. The third kappa shape index (κ3) is 3.29. The van der Waals surface area contributed by atoms with Crippen molar-refractivity contribution in [2.24, 2.45) is 10.2 Å². The maximum absolute atomic E-state index is 13.7. The van der Waals surface area contributed by atoms with Gasteiger partial charge in [-0.15, -0.1) is 17.6 Å². The number of hydrogen-bond donors (Lipinski definition) is 0. The molecule has 12 heteroatoms. The van der Waals surface area contributed by atoms with Crippen LogP contribution in [0.4, 0.5) is 28.9 Å². The number of alkyl halides is 4. The second-order valence-corrected chi connectivity index (χ2v) is 7.64. The van der Waals surface area contributed by atoms with E-state index in [0.717, 1.165) is 0 Å². The van der Waals surface area contributed by atoms with E-state index in [-0.39, 0.29) is 28.7 Å². The molecule has 0 saturated heterocycles. The van der Waals surface area contributed by atoms with E-state index in [1.807, 2.05) is 0 Å². The van der Waals surface area contributed by atoms with Crippen LogP contribution in [0.5, 0.6) is 23.0 Å². The highest BCUT2D eigenvalue weighted by Crippen LogP contribution is 2.48. The van der Waals surface area contributed by atoms with Crippen molar-refractivity contribution in [1.29, 1.82) is 0 Å². The van der Waals surface area contributed by atoms with E-state index in [9.17, 15) is 17.6 Å². The summed E-state index contributed by atoms with van der Waals surface area (Å²) < 4.78 is 72.3. The van der Waals surface area contributed by atoms with Gasteiger partial charge in [-0.1, -0.05) is 12.6 Å². The minimum absolute atomic E-state index is 0.0873. The normalized spacial score (nSPS) is 23.0. The summed E-state index contributed by atoms with van der Waals surface area (Å²) in [7, 11) is 0. The van der Waals surface area contributed by atoms with E-state index in [2.05, 4.69) is 31.0 Å². The lowest BCUT2D eigenvalue weighted by molar-refractivity contribution is -0.287. The molecule has 0 radical (unpaired) electrons. The Hall–Kier alpha value is -4.22. The SMILES string of the molecule is C=C1C=CN(c2ccc3c(c2)OC(F)(F)O3)N=C1C1CC=NN1c1cccc2c1OC(F)(F)O2. The first kappa shape index (κ1) is 20.4. The van der Waals surface area contributed by atoms with Gasteiger partial charge in [0.05, 0.1) is 11.4 Å². The Morgan fingerprint density at radius 3 is 2.56 bits per heavy atom. The quantitative estimate of drug-likeness (QED) is 0.594. The molecule has 0 N–H and O–H groups in total. The van der Waals surface area contributed by atoms with Crippen LogP contribution in [0.1, 0.15) is 6.42 Å². The van der Waals surface area contributed by atoms with Gasteiger partial charge in [0.2, 0.25) is 0 Å². The van der Waals surface area contributed by atoms with Crippen LogP contribution in [0.15, 0.2) is 71.0 Å². The Labute approximate surface area is 189 Å². The second-order valence-electron chi connectivity index (χ2n) is 7.64. The van der Waals surface area contributed by atoms with Crippen LogP contribution in [0.2, 0.25) is 0 Å². The molecule has 0 aliphatic carbocycles. The number of nitrogens with zero attached hydrogens (tertiary/aromatic N) is 4. The molecule has 0 bridgehead atoms. The Balaban J connectivity index is 1.32. The van der Waals surface area contributed by atoms with E-state index >= 15 is 0 Å². The van der Waals surface area contributed by atoms with Crippen LogP contribution in [-0.4, -0.2) is 30.6 Å². The number of halogens is 4. The number of benzene rings is 2. The van der Waals surface area contributed by atoms with Crippen LogP contribution >= 0.6 is 0 Å². The van der Waals surface area contributed by atoms with Gasteiger partial charge in [0.25, 0.3) is 0 Å². The molecule has 1 unspecified atom stereocenters. The number of rotatable bonds is 3. The highest BCUT2D eigenvalue weighted by Gasteiger charge is 2.46. The van der Waals surface area contributed by atoms with Gasteiger partial charge in [-0.3, -0.25) is 5.01 Å². The number of fused-ring (bicyclic) bond motifs is 2. The molecule has 0 amide bonds. The van der Waals surface area contributed by atoms with Crippen LogP contribution < -0.4 is 29.0 Å². The molecule has 0 spiro atoms. The average Bonchev–Trinajstić information content (AvgIpc) is 3.45. The topological polar surface area (TPSA) is 68.1 Å².